The first kappa shape index (κ1) is 42.5. The van der Waals surface area contributed by atoms with E-state index in [1.54, 1.807) is 6.92 Å². The summed E-state index contributed by atoms with van der Waals surface area (Å²) in [7, 11) is -15.2. The standard InChI is InChI=1S/C10H22O11P2S.K.3Na/c1-3-9(10(11)20-5-4-6-24(17,18)19)7-8(2)22(12,13)21-23(14,15)16;;;;/h8-9H,3-7H2,1-2H3,(H,12,13)(H2,14,15,16)(H,17,18,19);;;;/q;4*+1/p-4. The molecule has 0 aromatic rings. The molecule has 0 bridgehead atoms. The molecule has 0 heterocycles. The number of ether oxygens (including phenoxy) is 1. The third kappa shape index (κ3) is 22.1. The molecule has 11 nitrogen and oxygen atoms in total. The van der Waals surface area contributed by atoms with E-state index in [-0.39, 0.29) is 166 Å². The predicted octanol–water partition coefficient (Wildman–Crippen LogP) is -13.3. The van der Waals surface area contributed by atoms with Gasteiger partial charge in [0.2, 0.25) is 0 Å². The zero-order chi connectivity index (χ0) is 19.2. The van der Waals surface area contributed by atoms with Crippen molar-refractivity contribution >= 4 is 31.5 Å². The zero-order valence-electron chi connectivity index (χ0n) is 17.0. The van der Waals surface area contributed by atoms with Gasteiger partial charge in [-0.2, -0.15) is 0 Å². The Morgan fingerprint density at radius 2 is 1.57 bits per heavy atom. The molecule has 0 aliphatic rings. The van der Waals surface area contributed by atoms with Gasteiger partial charge in [-0.3, -0.25) is 4.79 Å². The van der Waals surface area contributed by atoms with Crippen LogP contribution in [0.3, 0.4) is 0 Å². The van der Waals surface area contributed by atoms with Gasteiger partial charge in [0, 0.05) is 11.4 Å². The summed E-state index contributed by atoms with van der Waals surface area (Å²) in [6, 6.07) is 0. The van der Waals surface area contributed by atoms with Crippen LogP contribution in [0, 0.1) is 5.92 Å². The Balaban J connectivity index is -0.000000441. The molecule has 0 aromatic heterocycles. The van der Waals surface area contributed by atoms with Crippen molar-refractivity contribution in [3.63, 3.8) is 0 Å². The molecule has 0 radical (unpaired) electrons. The van der Waals surface area contributed by atoms with Crippen molar-refractivity contribution < 1.29 is 191 Å². The van der Waals surface area contributed by atoms with Crippen LogP contribution < -0.4 is 155 Å². The molecule has 3 unspecified atom stereocenters. The maximum Gasteiger partial charge on any atom is 1.00 e. The molecule has 0 aliphatic carbocycles. The van der Waals surface area contributed by atoms with Gasteiger partial charge in [0.15, 0.2) is 0 Å². The van der Waals surface area contributed by atoms with Gasteiger partial charge in [0.05, 0.1) is 30.5 Å². The number of hydrogen-bond acceptors (Lipinski definition) is 11. The van der Waals surface area contributed by atoms with Crippen LogP contribution in [0.25, 0.3) is 0 Å². The zero-order valence-corrected chi connectivity index (χ0v) is 28.7. The molecule has 0 fully saturated rings. The van der Waals surface area contributed by atoms with Crippen LogP contribution in [0.15, 0.2) is 0 Å². The summed E-state index contributed by atoms with van der Waals surface area (Å²) >= 11 is 0. The summed E-state index contributed by atoms with van der Waals surface area (Å²) < 4.78 is 61.4. The molecular formula is C10H18KNa3O11P2S. The van der Waals surface area contributed by atoms with Gasteiger partial charge in [0.1, 0.15) is 7.60 Å². The Hall–Kier alpha value is 4.32. The Labute approximate surface area is 274 Å². The summed E-state index contributed by atoms with van der Waals surface area (Å²) in [6.45, 7) is 2.28. The van der Waals surface area contributed by atoms with Gasteiger partial charge in [-0.1, -0.05) is 13.8 Å². The predicted molar refractivity (Wildman–Crippen MR) is 74.3 cm³/mol. The van der Waals surface area contributed by atoms with E-state index >= 15 is 0 Å². The fraction of sp³-hybridized carbons (Fsp3) is 0.900. The maximum absolute atomic E-state index is 11.8. The first-order chi connectivity index (χ1) is 10.7. The maximum atomic E-state index is 11.8. The van der Waals surface area contributed by atoms with Gasteiger partial charge < -0.3 is 37.4 Å². The molecule has 0 amide bonds. The number of esters is 1. The Morgan fingerprint density at radius 3 is 1.93 bits per heavy atom. The molecule has 3 atom stereocenters. The van der Waals surface area contributed by atoms with Crippen molar-refractivity contribution in [2.24, 2.45) is 5.92 Å². The fourth-order valence-corrected chi connectivity index (χ4v) is 4.46. The van der Waals surface area contributed by atoms with Crippen LogP contribution in [0.5, 0.6) is 0 Å². The second-order valence-electron chi connectivity index (χ2n) is 5.04. The van der Waals surface area contributed by atoms with Crippen molar-refractivity contribution in [3.8, 4) is 0 Å². The van der Waals surface area contributed by atoms with E-state index < -0.39 is 48.8 Å². The first-order valence-corrected chi connectivity index (χ1v) is 11.5. The smallest absolute Gasteiger partial charge is 0.790 e. The molecular weight excluding hydrogens is 498 g/mol. The SMILES string of the molecule is CCC(CC(C)P(=O)([O-])OP(=O)([O-])[O-])C(=O)OCCCS(=O)(=O)[O-].[K+].[Na+].[Na+].[Na+]. The van der Waals surface area contributed by atoms with E-state index in [4.69, 9.17) is 4.74 Å². The van der Waals surface area contributed by atoms with Crippen molar-refractivity contribution in [2.45, 2.75) is 38.8 Å². The molecule has 0 aromatic carbocycles. The van der Waals surface area contributed by atoms with Crippen LogP contribution in [0.2, 0.25) is 0 Å². The van der Waals surface area contributed by atoms with E-state index in [0.29, 0.717) is 0 Å². The summed E-state index contributed by atoms with van der Waals surface area (Å²) in [5.74, 6) is -2.48. The number of carbonyl (C=O) groups excluding carboxylic acids is 1. The average Bonchev–Trinajstić information content (AvgIpc) is 2.36. The number of hydrogen-bond donors (Lipinski definition) is 0. The summed E-state index contributed by atoms with van der Waals surface area (Å²) in [6.07, 6.45) is -0.409. The quantitative estimate of drug-likeness (QED) is 0.0831. The molecule has 0 aliphatic heterocycles. The normalized spacial score (nSPS) is 15.2. The van der Waals surface area contributed by atoms with E-state index in [1.807, 2.05) is 0 Å². The second kappa shape index (κ2) is 19.6. The minimum atomic E-state index is -5.73. The fourth-order valence-electron chi connectivity index (χ4n) is 1.72. The van der Waals surface area contributed by atoms with E-state index in [2.05, 4.69) is 4.31 Å². The van der Waals surface area contributed by atoms with E-state index in [0.717, 1.165) is 6.92 Å². The minimum absolute atomic E-state index is 0. The van der Waals surface area contributed by atoms with Gasteiger partial charge in [-0.05, 0) is 19.3 Å². The summed E-state index contributed by atoms with van der Waals surface area (Å²) in [5, 5.41) is 0. The molecule has 0 rings (SSSR count). The number of rotatable bonds is 11. The van der Waals surface area contributed by atoms with Crippen molar-refractivity contribution in [3.05, 3.63) is 0 Å². The summed E-state index contributed by atoms with van der Waals surface area (Å²) in [5.41, 5.74) is -1.44. The first-order valence-electron chi connectivity index (χ1n) is 6.82. The van der Waals surface area contributed by atoms with Gasteiger partial charge in [0.25, 0.3) is 0 Å². The number of phosphoric acid groups is 1. The summed E-state index contributed by atoms with van der Waals surface area (Å²) in [4.78, 5) is 44.2. The van der Waals surface area contributed by atoms with Crippen LogP contribution in [-0.4, -0.2) is 37.0 Å². The van der Waals surface area contributed by atoms with E-state index in [1.165, 1.54) is 0 Å². The van der Waals surface area contributed by atoms with Gasteiger partial charge in [-0.15, -0.1) is 0 Å². The molecule has 28 heavy (non-hydrogen) atoms. The van der Waals surface area contributed by atoms with Gasteiger partial charge >= 0.3 is 146 Å². The molecule has 0 saturated heterocycles. The molecule has 0 spiro atoms. The van der Waals surface area contributed by atoms with Crippen LogP contribution in [0.1, 0.15) is 33.1 Å². The second-order valence-corrected chi connectivity index (χ2v) is 10.1. The largest absolute Gasteiger partial charge is 1.00 e. The van der Waals surface area contributed by atoms with Crippen molar-refractivity contribution in [1.29, 1.82) is 0 Å². The van der Waals surface area contributed by atoms with Crippen LogP contribution in [-0.2, 0) is 33.1 Å². The Bertz CT molecular complexity index is 630. The molecule has 144 valence electrons. The van der Waals surface area contributed by atoms with Gasteiger partial charge in [-0.25, -0.2) is 8.42 Å². The van der Waals surface area contributed by atoms with Crippen LogP contribution in [0.4, 0.5) is 0 Å². The van der Waals surface area contributed by atoms with E-state index in [9.17, 15) is 41.6 Å². The van der Waals surface area contributed by atoms with Crippen molar-refractivity contribution in [2.75, 3.05) is 12.4 Å². The van der Waals surface area contributed by atoms with Crippen molar-refractivity contribution in [1.82, 2.24) is 0 Å². The Morgan fingerprint density at radius 1 is 1.11 bits per heavy atom. The monoisotopic (exact) mass is 516 g/mol. The minimum Gasteiger partial charge on any atom is -0.790 e. The Kier molecular flexibility index (Phi) is 29.7. The number of carbonyl (C=O) groups is 1. The third-order valence-corrected chi connectivity index (χ3v) is 6.78. The van der Waals surface area contributed by atoms with Crippen LogP contribution >= 0.6 is 15.4 Å². The average molecular weight is 516 g/mol. The third-order valence-electron chi connectivity index (χ3n) is 2.99. The topological polar surface area (TPSA) is 196 Å². The molecule has 0 N–H and O–H groups in total. The molecule has 0 saturated carbocycles. The molecule has 18 heteroatoms.